The summed E-state index contributed by atoms with van der Waals surface area (Å²) >= 11 is 12.1. The molecule has 4 rings (SSSR count). The predicted octanol–water partition coefficient (Wildman–Crippen LogP) is 6.27. The Labute approximate surface area is 149 Å². The standard InChI is InChI=1S/C20H12Cl2N2/c21-15-8-6-14(7-9-15)20-19(13-4-2-1-3-5-13)23-17-11-10-16(22)12-18(17)24-20/h1-12H. The molecule has 0 spiro atoms. The number of rotatable bonds is 2. The van der Waals surface area contributed by atoms with E-state index in [1.165, 1.54) is 0 Å². The first-order valence-corrected chi connectivity index (χ1v) is 8.25. The van der Waals surface area contributed by atoms with Crippen LogP contribution in [-0.4, -0.2) is 9.97 Å². The Morgan fingerprint density at radius 2 is 1.12 bits per heavy atom. The Bertz CT molecular complexity index is 1010. The van der Waals surface area contributed by atoms with Crippen LogP contribution in [0.1, 0.15) is 0 Å². The highest BCUT2D eigenvalue weighted by Gasteiger charge is 2.13. The summed E-state index contributed by atoms with van der Waals surface area (Å²) in [5.41, 5.74) is 5.22. The van der Waals surface area contributed by atoms with E-state index in [1.54, 1.807) is 0 Å². The third-order valence-electron chi connectivity index (χ3n) is 3.79. The van der Waals surface area contributed by atoms with Crippen LogP contribution in [0.3, 0.4) is 0 Å². The van der Waals surface area contributed by atoms with Crippen LogP contribution in [0.15, 0.2) is 72.8 Å². The highest BCUT2D eigenvalue weighted by atomic mass is 35.5. The number of aromatic nitrogens is 2. The predicted molar refractivity (Wildman–Crippen MR) is 100 cm³/mol. The summed E-state index contributed by atoms with van der Waals surface area (Å²) in [6.45, 7) is 0. The number of benzene rings is 3. The molecule has 2 nitrogen and oxygen atoms in total. The van der Waals surface area contributed by atoms with E-state index in [4.69, 9.17) is 33.2 Å². The van der Waals surface area contributed by atoms with Gasteiger partial charge in [-0.2, -0.15) is 0 Å². The Hall–Kier alpha value is -2.42. The number of fused-ring (bicyclic) bond motifs is 1. The van der Waals surface area contributed by atoms with Crippen LogP contribution in [0, 0.1) is 0 Å². The van der Waals surface area contributed by atoms with Crippen LogP contribution in [0.25, 0.3) is 33.5 Å². The molecule has 0 saturated heterocycles. The lowest BCUT2D eigenvalue weighted by atomic mass is 10.0. The maximum absolute atomic E-state index is 6.11. The van der Waals surface area contributed by atoms with E-state index < -0.39 is 0 Å². The molecule has 0 radical (unpaired) electrons. The van der Waals surface area contributed by atoms with E-state index in [2.05, 4.69) is 0 Å². The zero-order valence-electron chi connectivity index (χ0n) is 12.6. The molecule has 0 aliphatic heterocycles. The number of hydrogen-bond donors (Lipinski definition) is 0. The second kappa shape index (κ2) is 6.23. The maximum Gasteiger partial charge on any atom is 0.0973 e. The first-order chi connectivity index (χ1) is 11.7. The van der Waals surface area contributed by atoms with Gasteiger partial charge >= 0.3 is 0 Å². The molecule has 0 bridgehead atoms. The van der Waals surface area contributed by atoms with Crippen molar-refractivity contribution in [2.24, 2.45) is 0 Å². The molecule has 0 atom stereocenters. The van der Waals surface area contributed by atoms with Crippen LogP contribution in [-0.2, 0) is 0 Å². The first-order valence-electron chi connectivity index (χ1n) is 7.49. The average molecular weight is 351 g/mol. The van der Waals surface area contributed by atoms with E-state index in [0.717, 1.165) is 33.5 Å². The molecule has 1 heterocycles. The summed E-state index contributed by atoms with van der Waals surface area (Å²) in [4.78, 5) is 9.65. The van der Waals surface area contributed by atoms with Crippen molar-refractivity contribution in [2.75, 3.05) is 0 Å². The highest BCUT2D eigenvalue weighted by Crippen LogP contribution is 2.32. The molecule has 0 N–H and O–H groups in total. The van der Waals surface area contributed by atoms with Crippen molar-refractivity contribution in [3.63, 3.8) is 0 Å². The molecule has 0 fully saturated rings. The first kappa shape index (κ1) is 15.1. The molecule has 0 aliphatic rings. The maximum atomic E-state index is 6.11. The van der Waals surface area contributed by atoms with Gasteiger partial charge in [-0.3, -0.25) is 0 Å². The molecule has 0 unspecified atom stereocenters. The Morgan fingerprint density at radius 1 is 0.542 bits per heavy atom. The topological polar surface area (TPSA) is 25.8 Å². The van der Waals surface area contributed by atoms with Gasteiger partial charge in [0.2, 0.25) is 0 Å². The van der Waals surface area contributed by atoms with Crippen LogP contribution in [0.5, 0.6) is 0 Å². The molecule has 0 amide bonds. The van der Waals surface area contributed by atoms with Gasteiger partial charge in [0.25, 0.3) is 0 Å². The monoisotopic (exact) mass is 350 g/mol. The van der Waals surface area contributed by atoms with Gasteiger partial charge in [-0.1, -0.05) is 65.7 Å². The Morgan fingerprint density at radius 3 is 1.83 bits per heavy atom. The van der Waals surface area contributed by atoms with Crippen molar-refractivity contribution >= 4 is 34.2 Å². The fourth-order valence-corrected chi connectivity index (χ4v) is 2.93. The van der Waals surface area contributed by atoms with Crippen molar-refractivity contribution in [1.29, 1.82) is 0 Å². The van der Waals surface area contributed by atoms with Gasteiger partial charge in [-0.25, -0.2) is 9.97 Å². The number of halogens is 2. The summed E-state index contributed by atoms with van der Waals surface area (Å²) in [7, 11) is 0. The fraction of sp³-hybridized carbons (Fsp3) is 0. The molecule has 116 valence electrons. The van der Waals surface area contributed by atoms with E-state index in [9.17, 15) is 0 Å². The summed E-state index contributed by atoms with van der Waals surface area (Å²) in [6.07, 6.45) is 0. The van der Waals surface area contributed by atoms with Crippen LogP contribution in [0.4, 0.5) is 0 Å². The van der Waals surface area contributed by atoms with Crippen LogP contribution >= 0.6 is 23.2 Å². The normalized spacial score (nSPS) is 10.9. The molecular weight excluding hydrogens is 339 g/mol. The van der Waals surface area contributed by atoms with E-state index >= 15 is 0 Å². The van der Waals surface area contributed by atoms with Crippen molar-refractivity contribution in [1.82, 2.24) is 9.97 Å². The lowest BCUT2D eigenvalue weighted by molar-refractivity contribution is 1.29. The summed E-state index contributed by atoms with van der Waals surface area (Å²) in [6, 6.07) is 23.2. The lowest BCUT2D eigenvalue weighted by Crippen LogP contribution is -1.95. The van der Waals surface area contributed by atoms with Gasteiger partial charge in [0, 0.05) is 21.2 Å². The van der Waals surface area contributed by atoms with Gasteiger partial charge in [-0.05, 0) is 30.3 Å². The molecule has 0 aliphatic carbocycles. The smallest absolute Gasteiger partial charge is 0.0973 e. The minimum Gasteiger partial charge on any atom is -0.244 e. The Kier molecular flexibility index (Phi) is 3.93. The second-order valence-corrected chi connectivity index (χ2v) is 6.30. The van der Waals surface area contributed by atoms with Crippen LogP contribution < -0.4 is 0 Å². The summed E-state index contributed by atoms with van der Waals surface area (Å²) in [5.74, 6) is 0. The van der Waals surface area contributed by atoms with Gasteiger partial charge in [0.1, 0.15) is 0 Å². The third kappa shape index (κ3) is 2.86. The van der Waals surface area contributed by atoms with E-state index in [1.807, 2.05) is 72.8 Å². The van der Waals surface area contributed by atoms with Crippen molar-refractivity contribution in [3.05, 3.63) is 82.8 Å². The third-order valence-corrected chi connectivity index (χ3v) is 4.28. The van der Waals surface area contributed by atoms with E-state index in [-0.39, 0.29) is 0 Å². The van der Waals surface area contributed by atoms with Gasteiger partial charge in [0.05, 0.1) is 22.4 Å². The number of hydrogen-bond acceptors (Lipinski definition) is 2. The molecule has 0 saturated carbocycles. The van der Waals surface area contributed by atoms with Gasteiger partial charge in [-0.15, -0.1) is 0 Å². The lowest BCUT2D eigenvalue weighted by Gasteiger charge is -2.11. The molecule has 4 heteroatoms. The molecule has 1 aromatic heterocycles. The quantitative estimate of drug-likeness (QED) is 0.425. The highest BCUT2D eigenvalue weighted by molar-refractivity contribution is 6.31. The van der Waals surface area contributed by atoms with E-state index in [0.29, 0.717) is 10.0 Å². The average Bonchev–Trinajstić information content (AvgIpc) is 2.62. The molecule has 3 aromatic carbocycles. The van der Waals surface area contributed by atoms with Crippen molar-refractivity contribution < 1.29 is 0 Å². The largest absolute Gasteiger partial charge is 0.244 e. The second-order valence-electron chi connectivity index (χ2n) is 5.43. The SMILES string of the molecule is Clc1ccc(-c2nc3cc(Cl)ccc3nc2-c2ccccc2)cc1. The van der Waals surface area contributed by atoms with Crippen molar-refractivity contribution in [2.45, 2.75) is 0 Å². The summed E-state index contributed by atoms with van der Waals surface area (Å²) in [5, 5.41) is 1.34. The molecule has 4 aromatic rings. The van der Waals surface area contributed by atoms with Crippen molar-refractivity contribution in [3.8, 4) is 22.5 Å². The molecular formula is C20H12Cl2N2. The summed E-state index contributed by atoms with van der Waals surface area (Å²) < 4.78 is 0. The zero-order chi connectivity index (χ0) is 16.5. The fourth-order valence-electron chi connectivity index (χ4n) is 2.63. The Balaban J connectivity index is 2.02. The van der Waals surface area contributed by atoms with Crippen LogP contribution in [0.2, 0.25) is 10.0 Å². The van der Waals surface area contributed by atoms with Gasteiger partial charge in [0.15, 0.2) is 0 Å². The minimum atomic E-state index is 0.645. The zero-order valence-corrected chi connectivity index (χ0v) is 14.1. The van der Waals surface area contributed by atoms with Gasteiger partial charge < -0.3 is 0 Å². The minimum absolute atomic E-state index is 0.645. The molecule has 24 heavy (non-hydrogen) atoms. The number of nitrogens with zero attached hydrogens (tertiary/aromatic N) is 2.